The number of hydroxylamine groups is 1. The van der Waals surface area contributed by atoms with Crippen molar-refractivity contribution in [1.82, 2.24) is 25.9 Å². The number of hydrogen-bond donors (Lipinski definition) is 4. The normalized spacial score (nSPS) is 11.4. The third kappa shape index (κ3) is 7.21. The molecule has 2 unspecified atom stereocenters. The van der Waals surface area contributed by atoms with Crippen LogP contribution in [0.1, 0.15) is 31.8 Å². The number of likely N-dealkylation sites (N-methyl/N-ethyl adjacent to an activating group) is 4. The molecule has 0 saturated heterocycles. The number of nitrogens with one attached hydrogen (secondary N) is 3. The average Bonchev–Trinajstić information content (AvgIpc) is 2.99. The first-order chi connectivity index (χ1) is 19.0. The Hall–Kier alpha value is -5.22. The van der Waals surface area contributed by atoms with Gasteiger partial charge in [-0.1, -0.05) is 11.8 Å². The third-order valence-corrected chi connectivity index (χ3v) is 5.80. The lowest BCUT2D eigenvalue weighted by Crippen LogP contribution is -2.54. The predicted octanol–water partition coefficient (Wildman–Crippen LogP) is -0.862. The van der Waals surface area contributed by atoms with Crippen molar-refractivity contribution < 1.29 is 38.7 Å². The Balaban J connectivity index is 2.16. The fourth-order valence-corrected chi connectivity index (χ4v) is 3.54. The highest BCUT2D eigenvalue weighted by atomic mass is 16.5. The van der Waals surface area contributed by atoms with Gasteiger partial charge in [0.25, 0.3) is 29.5 Å². The topological polar surface area (TPSA) is 174 Å². The van der Waals surface area contributed by atoms with Crippen LogP contribution in [0.15, 0.2) is 48.5 Å². The van der Waals surface area contributed by atoms with E-state index >= 15 is 0 Å². The standard InChI is InChI=1S/C27H29N5O8/c1-28-22(33)20(24(35)30-39)31(3)25(36)18-12-8-16(9-13-18)6-7-17-10-14-19(15-11-17)26(37)32(4)21(23(34)29-2)27(38)40-5/h8-15,20-21,39H,1-5H3,(H,28,33)(H,29,34)(H,30,35). The van der Waals surface area contributed by atoms with E-state index in [1.165, 1.54) is 57.9 Å². The molecule has 0 fully saturated rings. The maximum atomic E-state index is 12.8. The zero-order valence-electron chi connectivity index (χ0n) is 22.5. The Bertz CT molecular complexity index is 1210. The van der Waals surface area contributed by atoms with Crippen LogP contribution >= 0.6 is 0 Å². The number of carbonyl (C=O) groups excluding carboxylic acids is 6. The van der Waals surface area contributed by atoms with Crippen LogP contribution < -0.4 is 16.1 Å². The van der Waals surface area contributed by atoms with E-state index in [4.69, 9.17) is 5.21 Å². The van der Waals surface area contributed by atoms with Crippen LogP contribution in [0.2, 0.25) is 0 Å². The van der Waals surface area contributed by atoms with Gasteiger partial charge in [-0.3, -0.25) is 29.2 Å². The smallest absolute Gasteiger partial charge is 0.338 e. The van der Waals surface area contributed by atoms with Crippen LogP contribution in [0.5, 0.6) is 0 Å². The zero-order chi connectivity index (χ0) is 30.0. The first-order valence-corrected chi connectivity index (χ1v) is 11.7. The molecule has 2 rings (SSSR count). The number of rotatable bonds is 8. The first-order valence-electron chi connectivity index (χ1n) is 11.7. The Morgan fingerprint density at radius 3 is 1.43 bits per heavy atom. The Labute approximate surface area is 230 Å². The molecule has 40 heavy (non-hydrogen) atoms. The lowest BCUT2D eigenvalue weighted by atomic mass is 10.1. The molecule has 0 radical (unpaired) electrons. The van der Waals surface area contributed by atoms with E-state index in [0.29, 0.717) is 11.1 Å². The molecule has 2 aromatic rings. The van der Waals surface area contributed by atoms with E-state index in [0.717, 1.165) is 16.9 Å². The number of ether oxygens (including phenoxy) is 1. The summed E-state index contributed by atoms with van der Waals surface area (Å²) in [4.78, 5) is 75.4. The molecule has 0 heterocycles. The Morgan fingerprint density at radius 2 is 1.07 bits per heavy atom. The van der Waals surface area contributed by atoms with Crippen molar-refractivity contribution in [3.8, 4) is 11.8 Å². The van der Waals surface area contributed by atoms with E-state index in [2.05, 4.69) is 27.2 Å². The molecule has 0 aromatic heterocycles. The summed E-state index contributed by atoms with van der Waals surface area (Å²) in [5.74, 6) is 1.24. The van der Waals surface area contributed by atoms with Crippen molar-refractivity contribution in [2.45, 2.75) is 12.1 Å². The van der Waals surface area contributed by atoms with Crippen LogP contribution in [0.4, 0.5) is 0 Å². The van der Waals surface area contributed by atoms with E-state index in [1.807, 2.05) is 0 Å². The van der Waals surface area contributed by atoms with Crippen LogP contribution in [0.25, 0.3) is 0 Å². The molecule has 5 amide bonds. The summed E-state index contributed by atoms with van der Waals surface area (Å²) in [5, 5.41) is 13.5. The fourth-order valence-electron chi connectivity index (χ4n) is 3.54. The van der Waals surface area contributed by atoms with E-state index in [1.54, 1.807) is 24.3 Å². The van der Waals surface area contributed by atoms with Gasteiger partial charge < -0.3 is 25.2 Å². The summed E-state index contributed by atoms with van der Waals surface area (Å²) in [6.45, 7) is 0. The molecular weight excluding hydrogens is 522 g/mol. The molecule has 0 saturated carbocycles. The fraction of sp³-hybridized carbons (Fsp3) is 0.259. The third-order valence-electron chi connectivity index (χ3n) is 5.80. The molecule has 0 spiro atoms. The SMILES string of the molecule is CNC(=O)C(C(=O)NO)N(C)C(=O)c1ccc(C#Cc2ccc(C(=O)N(C)C(C(=O)NC)C(=O)OC)cc2)cc1. The molecule has 0 bridgehead atoms. The van der Waals surface area contributed by atoms with Crippen LogP contribution in [0.3, 0.4) is 0 Å². The molecule has 2 aromatic carbocycles. The van der Waals surface area contributed by atoms with Crippen molar-refractivity contribution in [2.75, 3.05) is 35.3 Å². The van der Waals surface area contributed by atoms with Gasteiger partial charge in [0.1, 0.15) is 0 Å². The van der Waals surface area contributed by atoms with Crippen LogP contribution in [-0.2, 0) is 23.9 Å². The lowest BCUT2D eigenvalue weighted by molar-refractivity contribution is -0.150. The highest BCUT2D eigenvalue weighted by Crippen LogP contribution is 2.12. The van der Waals surface area contributed by atoms with Gasteiger partial charge >= 0.3 is 5.97 Å². The second-order valence-corrected chi connectivity index (χ2v) is 8.27. The molecule has 0 aliphatic carbocycles. The summed E-state index contributed by atoms with van der Waals surface area (Å²) in [7, 11) is 6.33. The second-order valence-electron chi connectivity index (χ2n) is 8.27. The van der Waals surface area contributed by atoms with Crippen LogP contribution in [-0.4, -0.2) is 97.9 Å². The summed E-state index contributed by atoms with van der Waals surface area (Å²) in [6.07, 6.45) is 0. The summed E-state index contributed by atoms with van der Waals surface area (Å²) in [6, 6.07) is 9.28. The van der Waals surface area contributed by atoms with Gasteiger partial charge in [-0.15, -0.1) is 0 Å². The van der Waals surface area contributed by atoms with E-state index in [-0.39, 0.29) is 11.1 Å². The van der Waals surface area contributed by atoms with Gasteiger partial charge in [0.05, 0.1) is 7.11 Å². The quantitative estimate of drug-likeness (QED) is 0.108. The largest absolute Gasteiger partial charge is 0.467 e. The van der Waals surface area contributed by atoms with Gasteiger partial charge in [0.2, 0.25) is 6.04 Å². The number of carbonyl (C=O) groups is 6. The van der Waals surface area contributed by atoms with Crippen molar-refractivity contribution in [2.24, 2.45) is 0 Å². The maximum absolute atomic E-state index is 12.8. The number of benzene rings is 2. The average molecular weight is 552 g/mol. The zero-order valence-corrected chi connectivity index (χ0v) is 22.5. The minimum absolute atomic E-state index is 0.182. The highest BCUT2D eigenvalue weighted by Gasteiger charge is 2.35. The number of amides is 5. The van der Waals surface area contributed by atoms with Crippen molar-refractivity contribution in [3.05, 3.63) is 70.8 Å². The molecule has 4 N–H and O–H groups in total. The van der Waals surface area contributed by atoms with Crippen LogP contribution in [0, 0.1) is 11.8 Å². The summed E-state index contributed by atoms with van der Waals surface area (Å²) in [5.41, 5.74) is 2.91. The highest BCUT2D eigenvalue weighted by molar-refractivity contribution is 6.09. The van der Waals surface area contributed by atoms with E-state index in [9.17, 15) is 28.8 Å². The van der Waals surface area contributed by atoms with Gasteiger partial charge in [-0.25, -0.2) is 10.3 Å². The van der Waals surface area contributed by atoms with Gasteiger partial charge in [-0.2, -0.15) is 0 Å². The molecule has 0 aliphatic rings. The molecular formula is C27H29N5O8. The van der Waals surface area contributed by atoms with Gasteiger partial charge in [0.15, 0.2) is 6.04 Å². The summed E-state index contributed by atoms with van der Waals surface area (Å²) < 4.78 is 4.63. The minimum Gasteiger partial charge on any atom is -0.467 e. The Morgan fingerprint density at radius 1 is 0.700 bits per heavy atom. The minimum atomic E-state index is -1.58. The number of hydrogen-bond acceptors (Lipinski definition) is 8. The Kier molecular flexibility index (Phi) is 10.9. The molecule has 13 heteroatoms. The predicted molar refractivity (Wildman–Crippen MR) is 141 cm³/mol. The van der Waals surface area contributed by atoms with Crippen molar-refractivity contribution in [1.29, 1.82) is 0 Å². The molecule has 0 aliphatic heterocycles. The number of esters is 1. The van der Waals surface area contributed by atoms with Gasteiger partial charge in [-0.05, 0) is 48.5 Å². The number of nitrogens with zero attached hydrogens (tertiary/aromatic N) is 2. The van der Waals surface area contributed by atoms with Crippen molar-refractivity contribution in [3.63, 3.8) is 0 Å². The molecule has 13 nitrogen and oxygen atoms in total. The maximum Gasteiger partial charge on any atom is 0.338 e. The second kappa shape index (κ2) is 14.1. The molecule has 2 atom stereocenters. The summed E-state index contributed by atoms with van der Waals surface area (Å²) >= 11 is 0. The first kappa shape index (κ1) is 31.0. The molecule has 210 valence electrons. The van der Waals surface area contributed by atoms with Gasteiger partial charge in [0, 0.05) is 50.4 Å². The number of methoxy groups -OCH3 is 1. The lowest BCUT2D eigenvalue weighted by Gasteiger charge is -2.25. The van der Waals surface area contributed by atoms with Crippen molar-refractivity contribution >= 4 is 35.5 Å². The monoisotopic (exact) mass is 551 g/mol. The van der Waals surface area contributed by atoms with E-state index < -0.39 is 47.6 Å².